The molecule has 3 rings (SSSR count). The van der Waals surface area contributed by atoms with Gasteiger partial charge >= 0.3 is 5.92 Å². The summed E-state index contributed by atoms with van der Waals surface area (Å²) in [4.78, 5) is 3.74. The van der Waals surface area contributed by atoms with Gasteiger partial charge in [0.2, 0.25) is 0 Å². The largest absolute Gasteiger partial charge is 0.384 e. The molecule has 0 fully saturated rings. The highest BCUT2D eigenvalue weighted by Crippen LogP contribution is 2.31. The maximum Gasteiger partial charge on any atom is 0.316 e. The minimum atomic E-state index is -3.54. The SMILES string of the molecule is Cn1ccc(C#Cc2ccc(C(F)(F)C(O)Cn3cnnn3)nc2)c1. The molecule has 0 radical (unpaired) electrons. The molecule has 0 aliphatic carbocycles. The topological polar surface area (TPSA) is 81.7 Å². The minimum Gasteiger partial charge on any atom is -0.384 e. The third-order valence-electron chi connectivity index (χ3n) is 3.46. The first kappa shape index (κ1) is 16.7. The molecule has 0 aliphatic heterocycles. The number of halogens is 2. The van der Waals surface area contributed by atoms with E-state index >= 15 is 0 Å². The molecule has 0 saturated heterocycles. The monoisotopic (exact) mass is 344 g/mol. The lowest BCUT2D eigenvalue weighted by Gasteiger charge is -2.21. The van der Waals surface area contributed by atoms with Gasteiger partial charge in [0.25, 0.3) is 0 Å². The number of nitrogens with zero attached hydrogens (tertiary/aromatic N) is 6. The number of alkyl halides is 2. The second-order valence-corrected chi connectivity index (χ2v) is 5.42. The normalized spacial score (nSPS) is 12.5. The van der Waals surface area contributed by atoms with Crippen LogP contribution < -0.4 is 0 Å². The highest BCUT2D eigenvalue weighted by atomic mass is 19.3. The Bertz CT molecular complexity index is 893. The third-order valence-corrected chi connectivity index (χ3v) is 3.46. The molecule has 9 heteroatoms. The van der Waals surface area contributed by atoms with Crippen LogP contribution in [-0.2, 0) is 19.5 Å². The van der Waals surface area contributed by atoms with Crippen molar-refractivity contribution in [1.82, 2.24) is 29.8 Å². The molecule has 0 bridgehead atoms. The van der Waals surface area contributed by atoms with Crippen LogP contribution in [0.25, 0.3) is 0 Å². The molecule has 3 aromatic rings. The third kappa shape index (κ3) is 3.87. The average molecular weight is 344 g/mol. The number of tetrazole rings is 1. The first-order valence-electron chi connectivity index (χ1n) is 7.32. The number of aliphatic hydroxyl groups is 1. The van der Waals surface area contributed by atoms with Crippen LogP contribution in [0.1, 0.15) is 16.8 Å². The highest BCUT2D eigenvalue weighted by molar-refractivity contribution is 5.41. The maximum absolute atomic E-state index is 14.3. The minimum absolute atomic E-state index is 0.447. The van der Waals surface area contributed by atoms with Gasteiger partial charge in [-0.05, 0) is 28.6 Å². The Hall–Kier alpha value is -3.12. The molecular weight excluding hydrogens is 330 g/mol. The summed E-state index contributed by atoms with van der Waals surface area (Å²) in [6.45, 7) is -0.447. The van der Waals surface area contributed by atoms with Crippen LogP contribution in [0.15, 0.2) is 43.1 Å². The van der Waals surface area contributed by atoms with Crippen molar-refractivity contribution in [2.24, 2.45) is 7.05 Å². The fraction of sp³-hybridized carbons (Fsp3) is 0.250. The molecule has 1 unspecified atom stereocenters. The van der Waals surface area contributed by atoms with Gasteiger partial charge in [-0.15, -0.1) is 5.10 Å². The van der Waals surface area contributed by atoms with Crippen molar-refractivity contribution in [3.05, 3.63) is 59.9 Å². The quantitative estimate of drug-likeness (QED) is 0.713. The summed E-state index contributed by atoms with van der Waals surface area (Å²) in [6, 6.07) is 4.44. The fourth-order valence-electron chi connectivity index (χ4n) is 2.11. The van der Waals surface area contributed by atoms with Gasteiger partial charge in [-0.25, -0.2) is 4.68 Å². The van der Waals surface area contributed by atoms with Crippen LogP contribution in [0.3, 0.4) is 0 Å². The van der Waals surface area contributed by atoms with Gasteiger partial charge < -0.3 is 9.67 Å². The lowest BCUT2D eigenvalue weighted by Crippen LogP contribution is -2.35. The molecule has 3 heterocycles. The van der Waals surface area contributed by atoms with Gasteiger partial charge in [-0.1, -0.05) is 11.8 Å². The number of hydrogen-bond donors (Lipinski definition) is 1. The van der Waals surface area contributed by atoms with Crippen LogP contribution in [0.4, 0.5) is 8.78 Å². The Morgan fingerprint density at radius 1 is 1.24 bits per heavy atom. The standard InChI is InChI=1S/C16H14F2N6O/c1-23-7-6-13(9-23)3-2-12-4-5-14(19-8-12)16(17,18)15(25)10-24-11-20-21-22-24/h4-9,11,15,25H,10H2,1H3. The van der Waals surface area contributed by atoms with Gasteiger partial charge in [-0.3, -0.25) is 4.98 Å². The van der Waals surface area contributed by atoms with E-state index in [4.69, 9.17) is 0 Å². The summed E-state index contributed by atoms with van der Waals surface area (Å²) in [5.41, 5.74) is 0.769. The second kappa shape index (κ2) is 6.78. The second-order valence-electron chi connectivity index (χ2n) is 5.42. The Morgan fingerprint density at radius 2 is 2.04 bits per heavy atom. The molecule has 1 N–H and O–H groups in total. The van der Waals surface area contributed by atoms with Crippen LogP contribution in [0.5, 0.6) is 0 Å². The predicted octanol–water partition coefficient (Wildman–Crippen LogP) is 0.959. The van der Waals surface area contributed by atoms with E-state index in [9.17, 15) is 13.9 Å². The highest BCUT2D eigenvalue weighted by Gasteiger charge is 2.42. The van der Waals surface area contributed by atoms with E-state index in [1.165, 1.54) is 12.3 Å². The van der Waals surface area contributed by atoms with E-state index in [1.807, 2.05) is 30.1 Å². The lowest BCUT2D eigenvalue weighted by molar-refractivity contribution is -0.124. The molecule has 128 valence electrons. The Morgan fingerprint density at radius 3 is 2.64 bits per heavy atom. The number of hydrogen-bond acceptors (Lipinski definition) is 5. The smallest absolute Gasteiger partial charge is 0.316 e. The van der Waals surface area contributed by atoms with Gasteiger partial charge in [-0.2, -0.15) is 8.78 Å². The number of aliphatic hydroxyl groups excluding tert-OH is 1. The maximum atomic E-state index is 14.3. The molecule has 0 aliphatic rings. The van der Waals surface area contributed by atoms with Crippen molar-refractivity contribution in [2.75, 3.05) is 0 Å². The van der Waals surface area contributed by atoms with E-state index in [0.717, 1.165) is 22.6 Å². The zero-order valence-electron chi connectivity index (χ0n) is 13.2. The first-order valence-corrected chi connectivity index (χ1v) is 7.32. The van der Waals surface area contributed by atoms with Gasteiger partial charge in [0.15, 0.2) is 0 Å². The zero-order chi connectivity index (χ0) is 17.9. The van der Waals surface area contributed by atoms with E-state index in [-0.39, 0.29) is 0 Å². The van der Waals surface area contributed by atoms with Crippen molar-refractivity contribution in [1.29, 1.82) is 0 Å². The van der Waals surface area contributed by atoms with E-state index in [2.05, 4.69) is 32.4 Å². The van der Waals surface area contributed by atoms with Crippen LogP contribution >= 0.6 is 0 Å². The molecule has 25 heavy (non-hydrogen) atoms. The summed E-state index contributed by atoms with van der Waals surface area (Å²) in [5.74, 6) is 2.23. The molecule has 7 nitrogen and oxygen atoms in total. The van der Waals surface area contributed by atoms with Crippen molar-refractivity contribution < 1.29 is 13.9 Å². The van der Waals surface area contributed by atoms with E-state index < -0.39 is 24.3 Å². The Kier molecular flexibility index (Phi) is 4.54. The number of rotatable bonds is 4. The molecular formula is C16H14F2N6O. The van der Waals surface area contributed by atoms with Crippen LogP contribution in [0.2, 0.25) is 0 Å². The van der Waals surface area contributed by atoms with Crippen molar-refractivity contribution in [2.45, 2.75) is 18.6 Å². The zero-order valence-corrected chi connectivity index (χ0v) is 13.2. The van der Waals surface area contributed by atoms with Crippen molar-refractivity contribution in [3.63, 3.8) is 0 Å². The van der Waals surface area contributed by atoms with E-state index in [0.29, 0.717) is 5.56 Å². The Balaban J connectivity index is 1.73. The molecule has 1 atom stereocenters. The van der Waals surface area contributed by atoms with E-state index in [1.54, 1.807) is 0 Å². The molecule has 0 spiro atoms. The molecule has 3 aromatic heterocycles. The average Bonchev–Trinajstić information content (AvgIpc) is 3.25. The van der Waals surface area contributed by atoms with Gasteiger partial charge in [0.05, 0.1) is 6.54 Å². The summed E-state index contributed by atoms with van der Waals surface area (Å²) in [5, 5.41) is 19.9. The predicted molar refractivity (Wildman–Crippen MR) is 83.3 cm³/mol. The first-order chi connectivity index (χ1) is 11.9. The fourth-order valence-corrected chi connectivity index (χ4v) is 2.11. The molecule has 0 amide bonds. The van der Waals surface area contributed by atoms with Crippen molar-refractivity contribution in [3.8, 4) is 11.8 Å². The number of aryl methyl sites for hydroxylation is 1. The molecule has 0 saturated carbocycles. The summed E-state index contributed by atoms with van der Waals surface area (Å²) in [7, 11) is 1.88. The molecule has 0 aromatic carbocycles. The summed E-state index contributed by atoms with van der Waals surface area (Å²) >= 11 is 0. The lowest BCUT2D eigenvalue weighted by atomic mass is 10.1. The van der Waals surface area contributed by atoms with Crippen LogP contribution in [-0.4, -0.2) is 41.0 Å². The number of aromatic nitrogens is 6. The van der Waals surface area contributed by atoms with Crippen molar-refractivity contribution >= 4 is 0 Å². The number of pyridine rings is 1. The van der Waals surface area contributed by atoms with Crippen LogP contribution in [0, 0.1) is 11.8 Å². The summed E-state index contributed by atoms with van der Waals surface area (Å²) in [6.07, 6.45) is 4.10. The summed E-state index contributed by atoms with van der Waals surface area (Å²) < 4.78 is 31.5. The Labute approximate surface area is 141 Å². The van der Waals surface area contributed by atoms with Gasteiger partial charge in [0, 0.05) is 36.8 Å². The van der Waals surface area contributed by atoms with Gasteiger partial charge in [0.1, 0.15) is 18.1 Å².